The summed E-state index contributed by atoms with van der Waals surface area (Å²) in [4.78, 5) is 19.5. The zero-order chi connectivity index (χ0) is 22.9. The summed E-state index contributed by atoms with van der Waals surface area (Å²) in [5.41, 5.74) is 1.76. The van der Waals surface area contributed by atoms with Gasteiger partial charge in [-0.05, 0) is 49.4 Å². The largest absolute Gasteiger partial charge is 0.333 e. The van der Waals surface area contributed by atoms with Crippen molar-refractivity contribution in [2.24, 2.45) is 0 Å². The number of sulfonamides is 1. The zero-order valence-corrected chi connectivity index (χ0v) is 19.6. The fraction of sp³-hybridized carbons (Fsp3) is 0.167. The van der Waals surface area contributed by atoms with Gasteiger partial charge in [0.1, 0.15) is 5.01 Å². The molecule has 0 radical (unpaired) electrons. The Hall–Kier alpha value is -3.23. The van der Waals surface area contributed by atoms with Crippen LogP contribution < -0.4 is 4.31 Å². The number of aromatic nitrogens is 1. The van der Waals surface area contributed by atoms with Crippen LogP contribution in [-0.4, -0.2) is 38.3 Å². The highest BCUT2D eigenvalue weighted by Crippen LogP contribution is 2.30. The van der Waals surface area contributed by atoms with Crippen LogP contribution in [0.1, 0.15) is 28.3 Å². The Morgan fingerprint density at radius 1 is 0.938 bits per heavy atom. The molecule has 4 rings (SSSR count). The maximum atomic E-state index is 13.2. The summed E-state index contributed by atoms with van der Waals surface area (Å²) in [5.74, 6) is -0.267. The summed E-state index contributed by atoms with van der Waals surface area (Å²) in [6.07, 6.45) is 0. The molecule has 0 aliphatic carbocycles. The fourth-order valence-electron chi connectivity index (χ4n) is 3.34. The lowest BCUT2D eigenvalue weighted by Gasteiger charge is -2.24. The SMILES string of the molecule is CC(c1nc2ccccc2s1)N(C)C(=O)c1cccc(S(=O)(=O)N(C)c2ccccc2)c1. The molecule has 0 aliphatic heterocycles. The predicted molar refractivity (Wildman–Crippen MR) is 129 cm³/mol. The molecule has 1 heterocycles. The standard InChI is InChI=1S/C24H23N3O3S2/c1-17(23-25-21-14-7-8-15-22(21)31-23)26(2)24(28)18-10-9-13-20(16-18)32(29,30)27(3)19-11-5-4-6-12-19/h4-17H,1-3H3. The van der Waals surface area contributed by atoms with Gasteiger partial charge in [0.05, 0.1) is 26.8 Å². The van der Waals surface area contributed by atoms with Gasteiger partial charge in [-0.25, -0.2) is 13.4 Å². The third kappa shape index (κ3) is 4.11. The molecule has 0 saturated heterocycles. The second kappa shape index (κ2) is 8.72. The highest BCUT2D eigenvalue weighted by atomic mass is 32.2. The Labute approximate surface area is 191 Å². The van der Waals surface area contributed by atoms with E-state index in [-0.39, 0.29) is 16.8 Å². The van der Waals surface area contributed by atoms with Crippen molar-refractivity contribution in [2.45, 2.75) is 17.9 Å². The van der Waals surface area contributed by atoms with Crippen LogP contribution in [0, 0.1) is 0 Å². The van der Waals surface area contributed by atoms with Crippen molar-refractivity contribution in [2.75, 3.05) is 18.4 Å². The van der Waals surface area contributed by atoms with E-state index in [9.17, 15) is 13.2 Å². The number of hydrogen-bond donors (Lipinski definition) is 0. The van der Waals surface area contributed by atoms with Crippen molar-refractivity contribution < 1.29 is 13.2 Å². The Morgan fingerprint density at radius 3 is 2.34 bits per heavy atom. The number of nitrogens with zero attached hydrogens (tertiary/aromatic N) is 3. The molecule has 1 atom stereocenters. The molecule has 6 nitrogen and oxygen atoms in total. The molecule has 32 heavy (non-hydrogen) atoms. The lowest BCUT2D eigenvalue weighted by atomic mass is 10.2. The summed E-state index contributed by atoms with van der Waals surface area (Å²) in [6, 6.07) is 22.6. The Bertz CT molecular complexity index is 1330. The number of para-hydroxylation sites is 2. The van der Waals surface area contributed by atoms with E-state index in [0.717, 1.165) is 15.2 Å². The summed E-state index contributed by atoms with van der Waals surface area (Å²) < 4.78 is 28.5. The van der Waals surface area contributed by atoms with Gasteiger partial charge in [0.25, 0.3) is 15.9 Å². The van der Waals surface area contributed by atoms with Crippen molar-refractivity contribution in [3.63, 3.8) is 0 Å². The summed E-state index contributed by atoms with van der Waals surface area (Å²) >= 11 is 1.55. The van der Waals surface area contributed by atoms with E-state index in [1.165, 1.54) is 23.5 Å². The number of anilines is 1. The van der Waals surface area contributed by atoms with Crippen LogP contribution >= 0.6 is 11.3 Å². The quantitative estimate of drug-likeness (QED) is 0.404. The molecule has 8 heteroatoms. The van der Waals surface area contributed by atoms with Crippen LogP contribution in [0.25, 0.3) is 10.2 Å². The molecule has 4 aromatic rings. The molecule has 3 aromatic carbocycles. The number of amides is 1. The average molecular weight is 466 g/mol. The summed E-state index contributed by atoms with van der Waals surface area (Å²) in [5, 5.41) is 0.828. The van der Waals surface area contributed by atoms with E-state index in [4.69, 9.17) is 0 Å². The molecule has 1 amide bonds. The van der Waals surface area contributed by atoms with Crippen LogP contribution in [-0.2, 0) is 10.0 Å². The number of rotatable bonds is 6. The number of carbonyl (C=O) groups is 1. The second-order valence-electron chi connectivity index (χ2n) is 7.45. The lowest BCUT2D eigenvalue weighted by molar-refractivity contribution is 0.0742. The van der Waals surface area contributed by atoms with Gasteiger partial charge < -0.3 is 4.90 Å². The number of fused-ring (bicyclic) bond motifs is 1. The van der Waals surface area contributed by atoms with Gasteiger partial charge >= 0.3 is 0 Å². The molecule has 0 N–H and O–H groups in total. The van der Waals surface area contributed by atoms with Gasteiger partial charge in [0.15, 0.2) is 0 Å². The minimum atomic E-state index is -3.81. The van der Waals surface area contributed by atoms with Crippen LogP contribution in [0.5, 0.6) is 0 Å². The number of benzene rings is 3. The minimum Gasteiger partial charge on any atom is -0.333 e. The fourth-order valence-corrected chi connectivity index (χ4v) is 5.64. The highest BCUT2D eigenvalue weighted by Gasteiger charge is 2.25. The van der Waals surface area contributed by atoms with Crippen molar-refractivity contribution in [3.05, 3.63) is 89.4 Å². The van der Waals surface area contributed by atoms with Gasteiger partial charge in [0.2, 0.25) is 0 Å². The molecule has 0 fully saturated rings. The smallest absolute Gasteiger partial charge is 0.264 e. The van der Waals surface area contributed by atoms with Crippen molar-refractivity contribution in [3.8, 4) is 0 Å². The Kier molecular flexibility index (Phi) is 5.99. The van der Waals surface area contributed by atoms with Crippen molar-refractivity contribution in [1.29, 1.82) is 0 Å². The van der Waals surface area contributed by atoms with E-state index >= 15 is 0 Å². The van der Waals surface area contributed by atoms with Crippen LogP contribution in [0.2, 0.25) is 0 Å². The topological polar surface area (TPSA) is 70.6 Å². The first-order chi connectivity index (χ1) is 15.3. The van der Waals surface area contributed by atoms with Crippen molar-refractivity contribution in [1.82, 2.24) is 9.88 Å². The van der Waals surface area contributed by atoms with Gasteiger partial charge in [-0.1, -0.05) is 36.4 Å². The zero-order valence-electron chi connectivity index (χ0n) is 18.0. The summed E-state index contributed by atoms with van der Waals surface area (Å²) in [7, 11) is -0.606. The van der Waals surface area contributed by atoms with E-state index in [1.54, 1.807) is 59.7 Å². The first-order valence-electron chi connectivity index (χ1n) is 10.1. The predicted octanol–water partition coefficient (Wildman–Crippen LogP) is 4.95. The molecule has 0 bridgehead atoms. The monoisotopic (exact) mass is 465 g/mol. The lowest BCUT2D eigenvalue weighted by Crippen LogP contribution is -2.30. The molecule has 0 spiro atoms. The first kappa shape index (κ1) is 22.0. The normalized spacial score (nSPS) is 12.5. The number of carbonyl (C=O) groups excluding carboxylic acids is 1. The van der Waals surface area contributed by atoms with E-state index < -0.39 is 10.0 Å². The van der Waals surface area contributed by atoms with Crippen LogP contribution in [0.4, 0.5) is 5.69 Å². The van der Waals surface area contributed by atoms with E-state index in [2.05, 4.69) is 4.98 Å². The van der Waals surface area contributed by atoms with Crippen LogP contribution in [0.3, 0.4) is 0 Å². The first-order valence-corrected chi connectivity index (χ1v) is 12.3. The average Bonchev–Trinajstić information content (AvgIpc) is 3.27. The minimum absolute atomic E-state index is 0.0655. The number of thiazole rings is 1. The van der Waals surface area contributed by atoms with Gasteiger partial charge in [-0.3, -0.25) is 9.10 Å². The summed E-state index contributed by atoms with van der Waals surface area (Å²) in [6.45, 7) is 1.92. The van der Waals surface area contributed by atoms with Gasteiger partial charge in [-0.15, -0.1) is 11.3 Å². The van der Waals surface area contributed by atoms with Crippen LogP contribution in [0.15, 0.2) is 83.8 Å². The molecule has 0 saturated carbocycles. The van der Waals surface area contributed by atoms with Crippen molar-refractivity contribution >= 4 is 43.2 Å². The second-order valence-corrected chi connectivity index (χ2v) is 10.5. The molecular weight excluding hydrogens is 442 g/mol. The number of hydrogen-bond acceptors (Lipinski definition) is 5. The molecule has 1 aromatic heterocycles. The maximum absolute atomic E-state index is 13.2. The van der Waals surface area contributed by atoms with Gasteiger partial charge in [0, 0.05) is 19.7 Å². The van der Waals surface area contributed by atoms with E-state index in [1.807, 2.05) is 37.3 Å². The third-order valence-electron chi connectivity index (χ3n) is 5.43. The molecular formula is C24H23N3O3S2. The van der Waals surface area contributed by atoms with Gasteiger partial charge in [-0.2, -0.15) is 0 Å². The maximum Gasteiger partial charge on any atom is 0.264 e. The Balaban J connectivity index is 1.60. The highest BCUT2D eigenvalue weighted by molar-refractivity contribution is 7.92. The molecule has 1 unspecified atom stereocenters. The Morgan fingerprint density at radius 2 is 1.62 bits per heavy atom. The molecule has 164 valence electrons. The third-order valence-corrected chi connectivity index (χ3v) is 8.42. The van der Waals surface area contributed by atoms with E-state index in [0.29, 0.717) is 11.3 Å². The molecule has 0 aliphatic rings.